The maximum Gasteiger partial charge on any atom is 0.163 e. The van der Waals surface area contributed by atoms with E-state index in [1.165, 1.54) is 7.11 Å². The molecule has 0 aliphatic rings. The van der Waals surface area contributed by atoms with E-state index >= 15 is 0 Å². The molecule has 0 heterocycles. The molecule has 19 heavy (non-hydrogen) atoms. The molecule has 0 fully saturated rings. The van der Waals surface area contributed by atoms with Crippen molar-refractivity contribution in [2.24, 2.45) is 0 Å². The number of methoxy groups -OCH3 is 1. The SMILES string of the molecule is COc1c(Cl)c(O)c(CCCCCC=O)c(O)c1Cl. The molecule has 0 saturated carbocycles. The van der Waals surface area contributed by atoms with Crippen molar-refractivity contribution in [3.05, 3.63) is 15.6 Å². The summed E-state index contributed by atoms with van der Waals surface area (Å²) < 4.78 is 4.93. The van der Waals surface area contributed by atoms with E-state index in [0.717, 1.165) is 19.1 Å². The van der Waals surface area contributed by atoms with Gasteiger partial charge in [-0.1, -0.05) is 29.6 Å². The van der Waals surface area contributed by atoms with E-state index in [1.54, 1.807) is 0 Å². The standard InChI is InChI=1S/C13H16Cl2O4/c1-19-13-9(14)11(17)8(12(18)10(13)15)6-4-2-3-5-7-16/h7,17-18H,2-6H2,1H3. The molecule has 0 aliphatic heterocycles. The summed E-state index contributed by atoms with van der Waals surface area (Å²) in [5.74, 6) is -0.366. The fraction of sp³-hybridized carbons (Fsp3) is 0.462. The molecule has 1 aromatic rings. The molecule has 0 aliphatic carbocycles. The average molecular weight is 307 g/mol. The van der Waals surface area contributed by atoms with Crippen molar-refractivity contribution in [2.75, 3.05) is 7.11 Å². The van der Waals surface area contributed by atoms with Crippen molar-refractivity contribution >= 4 is 29.5 Å². The van der Waals surface area contributed by atoms with E-state index in [2.05, 4.69) is 0 Å². The van der Waals surface area contributed by atoms with Crippen LogP contribution < -0.4 is 4.74 Å². The van der Waals surface area contributed by atoms with E-state index < -0.39 is 0 Å². The zero-order chi connectivity index (χ0) is 14.4. The lowest BCUT2D eigenvalue weighted by Crippen LogP contribution is -1.94. The molecule has 0 radical (unpaired) electrons. The minimum atomic E-state index is -0.212. The van der Waals surface area contributed by atoms with E-state index in [-0.39, 0.29) is 27.3 Å². The quantitative estimate of drug-likeness (QED) is 0.595. The smallest absolute Gasteiger partial charge is 0.163 e. The Balaban J connectivity index is 2.86. The lowest BCUT2D eigenvalue weighted by molar-refractivity contribution is -0.107. The molecule has 0 saturated heterocycles. The van der Waals surface area contributed by atoms with Crippen LogP contribution in [0.2, 0.25) is 10.0 Å². The lowest BCUT2D eigenvalue weighted by atomic mass is 10.0. The van der Waals surface area contributed by atoms with Gasteiger partial charge in [-0.3, -0.25) is 0 Å². The summed E-state index contributed by atoms with van der Waals surface area (Å²) in [7, 11) is 1.35. The number of benzene rings is 1. The van der Waals surface area contributed by atoms with Crippen LogP contribution in [0.1, 0.15) is 31.2 Å². The van der Waals surface area contributed by atoms with Crippen molar-refractivity contribution in [2.45, 2.75) is 32.1 Å². The van der Waals surface area contributed by atoms with Crippen LogP contribution in [0.4, 0.5) is 0 Å². The predicted molar refractivity (Wildman–Crippen MR) is 74.6 cm³/mol. The molecule has 1 rings (SSSR count). The minimum Gasteiger partial charge on any atom is -0.506 e. The third-order valence-corrected chi connectivity index (χ3v) is 3.54. The van der Waals surface area contributed by atoms with E-state index in [4.69, 9.17) is 27.9 Å². The molecule has 2 N–H and O–H groups in total. The number of ether oxygens (including phenoxy) is 1. The van der Waals surface area contributed by atoms with Crippen LogP contribution in [0.15, 0.2) is 0 Å². The summed E-state index contributed by atoms with van der Waals surface area (Å²) in [5.41, 5.74) is 0.307. The maximum absolute atomic E-state index is 10.2. The number of carbonyl (C=O) groups is 1. The average Bonchev–Trinajstić information content (AvgIpc) is 2.40. The largest absolute Gasteiger partial charge is 0.506 e. The Labute approximate surface area is 121 Å². The molecular weight excluding hydrogens is 291 g/mol. The van der Waals surface area contributed by atoms with Crippen molar-refractivity contribution in [3.8, 4) is 17.2 Å². The number of rotatable bonds is 7. The monoisotopic (exact) mass is 306 g/mol. The molecule has 0 bridgehead atoms. The molecular formula is C13H16Cl2O4. The number of aldehydes is 1. The van der Waals surface area contributed by atoms with Crippen molar-refractivity contribution in [1.82, 2.24) is 0 Å². The Kier molecular flexibility index (Phi) is 6.25. The third kappa shape index (κ3) is 3.67. The van der Waals surface area contributed by atoms with Gasteiger partial charge in [0.25, 0.3) is 0 Å². The Morgan fingerprint density at radius 3 is 2.16 bits per heavy atom. The second-order valence-electron chi connectivity index (χ2n) is 4.10. The van der Waals surface area contributed by atoms with Crippen LogP contribution in [0, 0.1) is 0 Å². The Hall–Kier alpha value is -1.13. The maximum atomic E-state index is 10.2. The molecule has 0 amide bonds. The number of carbonyl (C=O) groups excluding carboxylic acids is 1. The second kappa shape index (κ2) is 7.46. The lowest BCUT2D eigenvalue weighted by Gasteiger charge is -2.14. The van der Waals surface area contributed by atoms with Gasteiger partial charge in [-0.05, 0) is 19.3 Å². The van der Waals surface area contributed by atoms with Gasteiger partial charge in [-0.2, -0.15) is 0 Å². The summed E-state index contributed by atoms with van der Waals surface area (Å²) in [6.45, 7) is 0. The molecule has 0 spiro atoms. The summed E-state index contributed by atoms with van der Waals surface area (Å²) in [6.07, 6.45) is 4.13. The van der Waals surface area contributed by atoms with Gasteiger partial charge < -0.3 is 19.7 Å². The molecule has 106 valence electrons. The molecule has 0 atom stereocenters. The first-order valence-electron chi connectivity index (χ1n) is 5.94. The number of aromatic hydroxyl groups is 2. The molecule has 1 aromatic carbocycles. The van der Waals surface area contributed by atoms with Gasteiger partial charge in [0.05, 0.1) is 7.11 Å². The summed E-state index contributed by atoms with van der Waals surface area (Å²) in [5, 5.41) is 19.8. The van der Waals surface area contributed by atoms with Gasteiger partial charge in [-0.15, -0.1) is 0 Å². The first kappa shape index (κ1) is 15.9. The Bertz CT molecular complexity index is 431. The minimum absolute atomic E-state index is 0.00630. The third-order valence-electron chi connectivity index (χ3n) is 2.84. The topological polar surface area (TPSA) is 66.8 Å². The van der Waals surface area contributed by atoms with Crippen LogP contribution in [0.5, 0.6) is 17.2 Å². The zero-order valence-corrected chi connectivity index (χ0v) is 12.1. The van der Waals surface area contributed by atoms with Gasteiger partial charge in [0.2, 0.25) is 0 Å². The van der Waals surface area contributed by atoms with Crippen LogP contribution in [-0.2, 0) is 11.2 Å². The molecule has 4 nitrogen and oxygen atoms in total. The highest BCUT2D eigenvalue weighted by Crippen LogP contribution is 2.48. The zero-order valence-electron chi connectivity index (χ0n) is 10.6. The van der Waals surface area contributed by atoms with Gasteiger partial charge in [0.15, 0.2) is 5.75 Å². The van der Waals surface area contributed by atoms with Gasteiger partial charge in [0.1, 0.15) is 27.8 Å². The molecule has 0 aromatic heterocycles. The summed E-state index contributed by atoms with van der Waals surface area (Å²) in [4.78, 5) is 10.2. The van der Waals surface area contributed by atoms with Crippen LogP contribution in [0.25, 0.3) is 0 Å². The highest BCUT2D eigenvalue weighted by Gasteiger charge is 2.21. The Morgan fingerprint density at radius 1 is 1.11 bits per heavy atom. The fourth-order valence-electron chi connectivity index (χ4n) is 1.81. The summed E-state index contributed by atoms with van der Waals surface area (Å²) in [6, 6.07) is 0. The number of phenols is 2. The highest BCUT2D eigenvalue weighted by atomic mass is 35.5. The number of halogens is 2. The van der Waals surface area contributed by atoms with Gasteiger partial charge in [-0.25, -0.2) is 0 Å². The second-order valence-corrected chi connectivity index (χ2v) is 4.86. The predicted octanol–water partition coefficient (Wildman–Crippen LogP) is 3.72. The highest BCUT2D eigenvalue weighted by molar-refractivity contribution is 6.39. The number of hydrogen-bond donors (Lipinski definition) is 2. The van der Waals surface area contributed by atoms with Crippen LogP contribution in [0.3, 0.4) is 0 Å². The first-order valence-corrected chi connectivity index (χ1v) is 6.69. The molecule has 0 unspecified atom stereocenters. The van der Waals surface area contributed by atoms with Gasteiger partial charge in [0, 0.05) is 12.0 Å². The normalized spacial score (nSPS) is 10.5. The van der Waals surface area contributed by atoms with Crippen LogP contribution in [-0.4, -0.2) is 23.6 Å². The number of phenolic OH excluding ortho intramolecular Hbond substituents is 2. The van der Waals surface area contributed by atoms with E-state index in [9.17, 15) is 15.0 Å². The van der Waals surface area contributed by atoms with Crippen molar-refractivity contribution < 1.29 is 19.7 Å². The van der Waals surface area contributed by atoms with Crippen molar-refractivity contribution in [3.63, 3.8) is 0 Å². The van der Waals surface area contributed by atoms with Crippen molar-refractivity contribution in [1.29, 1.82) is 0 Å². The number of hydrogen-bond acceptors (Lipinski definition) is 4. The van der Waals surface area contributed by atoms with Gasteiger partial charge >= 0.3 is 0 Å². The fourth-order valence-corrected chi connectivity index (χ4v) is 2.43. The van der Waals surface area contributed by atoms with E-state index in [1.807, 2.05) is 0 Å². The first-order chi connectivity index (χ1) is 9.04. The number of unbranched alkanes of at least 4 members (excludes halogenated alkanes) is 3. The summed E-state index contributed by atoms with van der Waals surface area (Å²) >= 11 is 11.8. The molecule has 6 heteroatoms. The Morgan fingerprint density at radius 2 is 1.68 bits per heavy atom. The van der Waals surface area contributed by atoms with E-state index in [0.29, 0.717) is 24.8 Å². The van der Waals surface area contributed by atoms with Crippen LogP contribution >= 0.6 is 23.2 Å².